The standard InChI is InChI=1S/C17H23N3O2/c1-12(2)11-22-17-10-18-9-16(20-17)19-8-15(21)14-6-4-5-13(3)7-14/h4-7,9-10,12,15,21H,8,11H2,1-3H3,(H,19,20). The Morgan fingerprint density at radius 1 is 1.27 bits per heavy atom. The van der Waals surface area contributed by atoms with E-state index in [2.05, 4.69) is 29.1 Å². The second-order valence-corrected chi connectivity index (χ2v) is 5.76. The van der Waals surface area contributed by atoms with Crippen LogP contribution >= 0.6 is 0 Å². The fourth-order valence-corrected chi connectivity index (χ4v) is 1.95. The molecule has 1 aromatic heterocycles. The van der Waals surface area contributed by atoms with Crippen LogP contribution in [-0.4, -0.2) is 28.2 Å². The van der Waals surface area contributed by atoms with Crippen LogP contribution in [0.2, 0.25) is 0 Å². The van der Waals surface area contributed by atoms with E-state index in [0.717, 1.165) is 11.1 Å². The van der Waals surface area contributed by atoms with Crippen molar-refractivity contribution in [3.05, 3.63) is 47.8 Å². The molecule has 22 heavy (non-hydrogen) atoms. The highest BCUT2D eigenvalue weighted by molar-refractivity contribution is 5.34. The smallest absolute Gasteiger partial charge is 0.234 e. The summed E-state index contributed by atoms with van der Waals surface area (Å²) in [6.07, 6.45) is 2.61. The summed E-state index contributed by atoms with van der Waals surface area (Å²) in [5, 5.41) is 13.3. The lowest BCUT2D eigenvalue weighted by atomic mass is 10.1. The van der Waals surface area contributed by atoms with Gasteiger partial charge in [-0.25, -0.2) is 0 Å². The molecule has 2 N–H and O–H groups in total. The Balaban J connectivity index is 1.92. The number of aliphatic hydroxyl groups excluding tert-OH is 1. The molecule has 1 aromatic carbocycles. The normalized spacial score (nSPS) is 12.2. The van der Waals surface area contributed by atoms with Crippen molar-refractivity contribution >= 4 is 5.82 Å². The number of benzene rings is 1. The number of rotatable bonds is 7. The van der Waals surface area contributed by atoms with Gasteiger partial charge in [0, 0.05) is 6.54 Å². The first kappa shape index (κ1) is 16.2. The molecule has 5 nitrogen and oxygen atoms in total. The van der Waals surface area contributed by atoms with Crippen LogP contribution in [0.15, 0.2) is 36.7 Å². The summed E-state index contributed by atoms with van der Waals surface area (Å²) < 4.78 is 5.54. The highest BCUT2D eigenvalue weighted by atomic mass is 16.5. The van der Waals surface area contributed by atoms with Crippen molar-refractivity contribution in [3.8, 4) is 5.88 Å². The van der Waals surface area contributed by atoms with Crippen molar-refractivity contribution in [2.24, 2.45) is 5.92 Å². The van der Waals surface area contributed by atoms with Crippen LogP contribution in [0.3, 0.4) is 0 Å². The van der Waals surface area contributed by atoms with E-state index in [1.165, 1.54) is 0 Å². The van der Waals surface area contributed by atoms with Crippen LogP contribution in [0.25, 0.3) is 0 Å². The Bertz CT molecular complexity index is 602. The number of aliphatic hydroxyl groups is 1. The van der Waals surface area contributed by atoms with Gasteiger partial charge >= 0.3 is 0 Å². The lowest BCUT2D eigenvalue weighted by Gasteiger charge is -2.14. The number of aromatic nitrogens is 2. The number of hydrogen-bond donors (Lipinski definition) is 2. The van der Waals surface area contributed by atoms with E-state index in [0.29, 0.717) is 30.8 Å². The Morgan fingerprint density at radius 3 is 2.82 bits per heavy atom. The molecule has 0 bridgehead atoms. The first-order valence-corrected chi connectivity index (χ1v) is 7.48. The third-order valence-electron chi connectivity index (χ3n) is 3.08. The summed E-state index contributed by atoms with van der Waals surface area (Å²) in [4.78, 5) is 8.42. The molecule has 5 heteroatoms. The van der Waals surface area contributed by atoms with Gasteiger partial charge in [-0.15, -0.1) is 0 Å². The van der Waals surface area contributed by atoms with Crippen molar-refractivity contribution in [1.29, 1.82) is 0 Å². The van der Waals surface area contributed by atoms with Gasteiger partial charge in [-0.05, 0) is 18.4 Å². The molecule has 118 valence electrons. The maximum absolute atomic E-state index is 10.2. The third kappa shape index (κ3) is 5.00. The number of ether oxygens (including phenoxy) is 1. The molecule has 0 amide bonds. The van der Waals surface area contributed by atoms with E-state index in [1.807, 2.05) is 31.2 Å². The average molecular weight is 301 g/mol. The molecule has 0 fully saturated rings. The van der Waals surface area contributed by atoms with Crippen LogP contribution in [-0.2, 0) is 0 Å². The van der Waals surface area contributed by atoms with Crippen LogP contribution in [0.5, 0.6) is 5.88 Å². The van der Waals surface area contributed by atoms with Gasteiger partial charge in [0.25, 0.3) is 0 Å². The molecule has 2 aromatic rings. The molecule has 2 rings (SSSR count). The molecular formula is C17H23N3O2. The first-order valence-electron chi connectivity index (χ1n) is 7.48. The summed E-state index contributed by atoms with van der Waals surface area (Å²) in [5.41, 5.74) is 2.01. The van der Waals surface area contributed by atoms with E-state index in [1.54, 1.807) is 12.4 Å². The quantitative estimate of drug-likeness (QED) is 0.823. The molecule has 1 unspecified atom stereocenters. The molecule has 1 atom stereocenters. The van der Waals surface area contributed by atoms with Crippen LogP contribution in [0, 0.1) is 12.8 Å². The molecule has 0 spiro atoms. The van der Waals surface area contributed by atoms with E-state index in [4.69, 9.17) is 4.74 Å². The maximum atomic E-state index is 10.2. The monoisotopic (exact) mass is 301 g/mol. The zero-order chi connectivity index (χ0) is 15.9. The van der Waals surface area contributed by atoms with Crippen molar-refractivity contribution < 1.29 is 9.84 Å². The molecule has 0 aliphatic rings. The minimum atomic E-state index is -0.595. The van der Waals surface area contributed by atoms with Gasteiger partial charge in [-0.1, -0.05) is 43.7 Å². The van der Waals surface area contributed by atoms with E-state index in [-0.39, 0.29) is 0 Å². The molecule has 0 radical (unpaired) electrons. The fourth-order valence-electron chi connectivity index (χ4n) is 1.95. The Morgan fingerprint density at radius 2 is 2.09 bits per heavy atom. The van der Waals surface area contributed by atoms with Gasteiger partial charge in [-0.3, -0.25) is 4.98 Å². The summed E-state index contributed by atoms with van der Waals surface area (Å²) in [5.74, 6) is 1.51. The van der Waals surface area contributed by atoms with E-state index in [9.17, 15) is 5.11 Å². The van der Waals surface area contributed by atoms with Crippen LogP contribution in [0.4, 0.5) is 5.82 Å². The van der Waals surface area contributed by atoms with Gasteiger partial charge in [0.1, 0.15) is 5.82 Å². The SMILES string of the molecule is Cc1cccc(C(O)CNc2cncc(OCC(C)C)n2)c1. The molecular weight excluding hydrogens is 278 g/mol. The number of aryl methyl sites for hydroxylation is 1. The third-order valence-corrected chi connectivity index (χ3v) is 3.08. The van der Waals surface area contributed by atoms with Crippen molar-refractivity contribution in [3.63, 3.8) is 0 Å². The first-order chi connectivity index (χ1) is 10.5. The lowest BCUT2D eigenvalue weighted by Crippen LogP contribution is -2.14. The fraction of sp³-hybridized carbons (Fsp3) is 0.412. The number of nitrogens with one attached hydrogen (secondary N) is 1. The van der Waals surface area contributed by atoms with Crippen molar-refractivity contribution in [2.75, 3.05) is 18.5 Å². The van der Waals surface area contributed by atoms with Crippen molar-refractivity contribution in [1.82, 2.24) is 9.97 Å². The van der Waals surface area contributed by atoms with E-state index >= 15 is 0 Å². The van der Waals surface area contributed by atoms with Crippen LogP contribution < -0.4 is 10.1 Å². The van der Waals surface area contributed by atoms with E-state index < -0.39 is 6.10 Å². The van der Waals surface area contributed by atoms with Gasteiger partial charge < -0.3 is 15.2 Å². The van der Waals surface area contributed by atoms with Gasteiger partial charge in [0.2, 0.25) is 5.88 Å². The predicted octanol–water partition coefficient (Wildman–Crippen LogP) is 2.97. The van der Waals surface area contributed by atoms with Gasteiger partial charge in [0.05, 0.1) is 25.1 Å². The van der Waals surface area contributed by atoms with Gasteiger partial charge in [-0.2, -0.15) is 4.98 Å². The topological polar surface area (TPSA) is 67.3 Å². The summed E-state index contributed by atoms with van der Waals surface area (Å²) >= 11 is 0. The van der Waals surface area contributed by atoms with Gasteiger partial charge in [0.15, 0.2) is 0 Å². The van der Waals surface area contributed by atoms with Crippen LogP contribution in [0.1, 0.15) is 31.1 Å². The second-order valence-electron chi connectivity index (χ2n) is 5.76. The zero-order valence-electron chi connectivity index (χ0n) is 13.3. The Labute approximate surface area is 131 Å². The summed E-state index contributed by atoms with van der Waals surface area (Å²) in [6, 6.07) is 7.83. The summed E-state index contributed by atoms with van der Waals surface area (Å²) in [7, 11) is 0. The maximum Gasteiger partial charge on any atom is 0.234 e. The Hall–Kier alpha value is -2.14. The molecule has 0 aliphatic carbocycles. The number of hydrogen-bond acceptors (Lipinski definition) is 5. The molecule has 1 heterocycles. The molecule has 0 saturated carbocycles. The lowest BCUT2D eigenvalue weighted by molar-refractivity contribution is 0.191. The number of anilines is 1. The minimum Gasteiger partial charge on any atom is -0.476 e. The highest BCUT2D eigenvalue weighted by Gasteiger charge is 2.08. The minimum absolute atomic E-state index is 0.367. The predicted molar refractivity (Wildman–Crippen MR) is 87.0 cm³/mol. The van der Waals surface area contributed by atoms with Crippen molar-refractivity contribution in [2.45, 2.75) is 26.9 Å². The average Bonchev–Trinajstić information content (AvgIpc) is 2.51. The largest absolute Gasteiger partial charge is 0.476 e. The zero-order valence-corrected chi connectivity index (χ0v) is 13.3. The number of nitrogens with zero attached hydrogens (tertiary/aromatic N) is 2. The Kier molecular flexibility index (Phi) is 5.72. The molecule has 0 saturated heterocycles. The molecule has 0 aliphatic heterocycles. The summed E-state index contributed by atoms with van der Waals surface area (Å²) in [6.45, 7) is 7.13. The second kappa shape index (κ2) is 7.75. The highest BCUT2D eigenvalue weighted by Crippen LogP contribution is 2.16.